The minimum Gasteiger partial charge on any atom is -0.266 e. The quantitative estimate of drug-likeness (QED) is 0.433. The highest BCUT2D eigenvalue weighted by Crippen LogP contribution is 2.31. The fourth-order valence-corrected chi connectivity index (χ4v) is 3.65. The van der Waals surface area contributed by atoms with Crippen LogP contribution in [0.1, 0.15) is 16.7 Å². The highest BCUT2D eigenvalue weighted by molar-refractivity contribution is 9.10. The van der Waals surface area contributed by atoms with Gasteiger partial charge in [0.1, 0.15) is 11.5 Å². The topological polar surface area (TPSA) is 32.7 Å². The SMILES string of the molecule is Cc1cccc(N2C(=O)/C(=C\c3ccc(Cl)cc3)N=C2c2ccccc2Br)c1. The third kappa shape index (κ3) is 3.66. The summed E-state index contributed by atoms with van der Waals surface area (Å²) in [6, 6.07) is 22.9. The van der Waals surface area contributed by atoms with Crippen molar-refractivity contribution >= 4 is 51.0 Å². The zero-order chi connectivity index (χ0) is 19.7. The molecule has 4 rings (SSSR count). The lowest BCUT2D eigenvalue weighted by molar-refractivity contribution is -0.113. The standard InChI is InChI=1S/C23H16BrClN2O/c1-15-5-4-6-18(13-15)27-22(19-7-2-3-8-20(19)24)26-21(23(27)28)14-16-9-11-17(25)12-10-16/h2-14H,1H3/b21-14+. The van der Waals surface area contributed by atoms with Crippen LogP contribution in [0.15, 0.2) is 88.0 Å². The zero-order valence-electron chi connectivity index (χ0n) is 15.1. The van der Waals surface area contributed by atoms with Crippen molar-refractivity contribution < 1.29 is 4.79 Å². The molecule has 0 spiro atoms. The number of hydrogen-bond donors (Lipinski definition) is 0. The largest absolute Gasteiger partial charge is 0.282 e. The Morgan fingerprint density at radius 3 is 2.46 bits per heavy atom. The first-order chi connectivity index (χ1) is 13.5. The first-order valence-corrected chi connectivity index (χ1v) is 9.92. The molecule has 3 aromatic carbocycles. The van der Waals surface area contributed by atoms with Gasteiger partial charge in [0.25, 0.3) is 5.91 Å². The normalized spacial score (nSPS) is 15.2. The number of rotatable bonds is 3. The lowest BCUT2D eigenvalue weighted by Gasteiger charge is -2.19. The highest BCUT2D eigenvalue weighted by atomic mass is 79.9. The monoisotopic (exact) mass is 450 g/mol. The van der Waals surface area contributed by atoms with E-state index < -0.39 is 0 Å². The Morgan fingerprint density at radius 2 is 1.75 bits per heavy atom. The van der Waals surface area contributed by atoms with Crippen molar-refractivity contribution in [3.05, 3.63) is 105 Å². The Labute approximate surface area is 177 Å². The van der Waals surface area contributed by atoms with E-state index in [-0.39, 0.29) is 5.91 Å². The summed E-state index contributed by atoms with van der Waals surface area (Å²) in [4.78, 5) is 19.6. The van der Waals surface area contributed by atoms with Gasteiger partial charge in [-0.3, -0.25) is 9.69 Å². The van der Waals surface area contributed by atoms with Crippen LogP contribution < -0.4 is 4.90 Å². The second kappa shape index (κ2) is 7.74. The molecule has 0 bridgehead atoms. The van der Waals surface area contributed by atoms with Crippen molar-refractivity contribution in [3.8, 4) is 0 Å². The van der Waals surface area contributed by atoms with Gasteiger partial charge in [-0.05, 0) is 54.5 Å². The molecule has 0 aromatic heterocycles. The van der Waals surface area contributed by atoms with Crippen molar-refractivity contribution in [1.29, 1.82) is 0 Å². The van der Waals surface area contributed by atoms with Crippen LogP contribution in [0.25, 0.3) is 6.08 Å². The molecule has 0 N–H and O–H groups in total. The van der Waals surface area contributed by atoms with Crippen LogP contribution in [0.2, 0.25) is 5.02 Å². The number of aliphatic imine (C=N–C) groups is 1. The summed E-state index contributed by atoms with van der Waals surface area (Å²) in [6.45, 7) is 2.00. The molecule has 28 heavy (non-hydrogen) atoms. The van der Waals surface area contributed by atoms with Gasteiger partial charge in [0.05, 0.1) is 5.69 Å². The van der Waals surface area contributed by atoms with Crippen LogP contribution in [0.5, 0.6) is 0 Å². The summed E-state index contributed by atoms with van der Waals surface area (Å²) in [5.74, 6) is 0.439. The number of anilines is 1. The van der Waals surface area contributed by atoms with E-state index in [1.54, 1.807) is 23.1 Å². The number of benzene rings is 3. The first kappa shape index (κ1) is 18.7. The van der Waals surface area contributed by atoms with E-state index >= 15 is 0 Å². The van der Waals surface area contributed by atoms with Crippen molar-refractivity contribution in [1.82, 2.24) is 0 Å². The number of nitrogens with zero attached hydrogens (tertiary/aromatic N) is 2. The van der Waals surface area contributed by atoms with Gasteiger partial charge in [0.15, 0.2) is 0 Å². The summed E-state index contributed by atoms with van der Waals surface area (Å²) in [7, 11) is 0. The molecule has 0 saturated heterocycles. The summed E-state index contributed by atoms with van der Waals surface area (Å²) >= 11 is 9.55. The number of halogens is 2. The third-order valence-electron chi connectivity index (χ3n) is 4.41. The first-order valence-electron chi connectivity index (χ1n) is 8.75. The molecule has 1 aliphatic rings. The molecule has 3 nitrogen and oxygen atoms in total. The summed E-state index contributed by atoms with van der Waals surface area (Å²) < 4.78 is 0.881. The zero-order valence-corrected chi connectivity index (χ0v) is 17.4. The lowest BCUT2D eigenvalue weighted by Crippen LogP contribution is -2.32. The van der Waals surface area contributed by atoms with Gasteiger partial charge in [-0.15, -0.1) is 0 Å². The molecule has 1 aliphatic heterocycles. The molecular formula is C23H16BrClN2O. The van der Waals surface area contributed by atoms with Crippen LogP contribution in [-0.2, 0) is 4.79 Å². The van der Waals surface area contributed by atoms with Gasteiger partial charge in [-0.25, -0.2) is 4.99 Å². The molecule has 1 amide bonds. The number of hydrogen-bond acceptors (Lipinski definition) is 2. The van der Waals surface area contributed by atoms with E-state index in [9.17, 15) is 4.79 Å². The van der Waals surface area contributed by atoms with Crippen molar-refractivity contribution in [3.63, 3.8) is 0 Å². The van der Waals surface area contributed by atoms with Gasteiger partial charge in [0, 0.05) is 15.1 Å². The molecule has 0 fully saturated rings. The van der Waals surface area contributed by atoms with Crippen LogP contribution >= 0.6 is 27.5 Å². The maximum absolute atomic E-state index is 13.3. The second-order valence-corrected chi connectivity index (χ2v) is 7.77. The molecule has 138 valence electrons. The van der Waals surface area contributed by atoms with Gasteiger partial charge >= 0.3 is 0 Å². The van der Waals surface area contributed by atoms with Gasteiger partial charge in [0.2, 0.25) is 0 Å². The summed E-state index contributed by atoms with van der Waals surface area (Å²) in [6.07, 6.45) is 1.78. The van der Waals surface area contributed by atoms with Gasteiger partial charge < -0.3 is 0 Å². The Morgan fingerprint density at radius 1 is 1.00 bits per heavy atom. The predicted octanol–water partition coefficient (Wildman–Crippen LogP) is 6.25. The fourth-order valence-electron chi connectivity index (χ4n) is 3.06. The fraction of sp³-hybridized carbons (Fsp3) is 0.0435. The molecule has 0 atom stereocenters. The van der Waals surface area contributed by atoms with Crippen molar-refractivity contribution in [2.45, 2.75) is 6.92 Å². The van der Waals surface area contributed by atoms with E-state index in [0.717, 1.165) is 26.9 Å². The van der Waals surface area contributed by atoms with Crippen LogP contribution in [-0.4, -0.2) is 11.7 Å². The molecule has 0 saturated carbocycles. The molecule has 3 aromatic rings. The Kier molecular flexibility index (Phi) is 5.16. The Bertz CT molecular complexity index is 1120. The maximum atomic E-state index is 13.3. The second-order valence-electron chi connectivity index (χ2n) is 6.48. The minimum atomic E-state index is -0.161. The molecule has 0 unspecified atom stereocenters. The van der Waals surface area contributed by atoms with E-state index in [2.05, 4.69) is 15.9 Å². The van der Waals surface area contributed by atoms with E-state index in [0.29, 0.717) is 16.6 Å². The van der Waals surface area contributed by atoms with Gasteiger partial charge in [-0.1, -0.05) is 70.0 Å². The van der Waals surface area contributed by atoms with Crippen LogP contribution in [0, 0.1) is 6.92 Å². The smallest absolute Gasteiger partial charge is 0.266 e. The van der Waals surface area contributed by atoms with E-state index in [4.69, 9.17) is 16.6 Å². The lowest BCUT2D eigenvalue weighted by atomic mass is 10.1. The van der Waals surface area contributed by atoms with Crippen molar-refractivity contribution in [2.75, 3.05) is 4.90 Å². The van der Waals surface area contributed by atoms with Crippen LogP contribution in [0.4, 0.5) is 5.69 Å². The van der Waals surface area contributed by atoms with E-state index in [1.807, 2.05) is 67.6 Å². The van der Waals surface area contributed by atoms with Crippen molar-refractivity contribution in [2.24, 2.45) is 4.99 Å². The number of carbonyl (C=O) groups excluding carboxylic acids is 1. The number of carbonyl (C=O) groups is 1. The molecule has 0 radical (unpaired) electrons. The molecule has 1 heterocycles. The summed E-state index contributed by atoms with van der Waals surface area (Å²) in [5.41, 5.74) is 3.98. The number of amides is 1. The molecule has 0 aliphatic carbocycles. The average Bonchev–Trinajstić information content (AvgIpc) is 3.00. The molecule has 5 heteroatoms. The maximum Gasteiger partial charge on any atom is 0.282 e. The predicted molar refractivity (Wildman–Crippen MR) is 119 cm³/mol. The highest BCUT2D eigenvalue weighted by Gasteiger charge is 2.33. The third-order valence-corrected chi connectivity index (χ3v) is 5.35. The number of amidine groups is 1. The average molecular weight is 452 g/mol. The Hall–Kier alpha value is -2.69. The van der Waals surface area contributed by atoms with Gasteiger partial charge in [-0.2, -0.15) is 0 Å². The summed E-state index contributed by atoms with van der Waals surface area (Å²) in [5, 5.41) is 0.652. The number of aryl methyl sites for hydroxylation is 1. The van der Waals surface area contributed by atoms with E-state index in [1.165, 1.54) is 0 Å². The molecular weight excluding hydrogens is 436 g/mol. The van der Waals surface area contributed by atoms with Crippen LogP contribution in [0.3, 0.4) is 0 Å². The minimum absolute atomic E-state index is 0.161. The Balaban J connectivity index is 1.85.